The maximum absolute atomic E-state index is 12.5. The van der Waals surface area contributed by atoms with Crippen LogP contribution < -0.4 is 0 Å². The highest BCUT2D eigenvalue weighted by molar-refractivity contribution is 8.00. The third-order valence-electron chi connectivity index (χ3n) is 3.69. The van der Waals surface area contributed by atoms with Gasteiger partial charge in [-0.05, 0) is 12.0 Å². The number of hydrogen-bond donors (Lipinski definition) is 0. The molecule has 0 radical (unpaired) electrons. The van der Waals surface area contributed by atoms with Crippen molar-refractivity contribution in [2.24, 2.45) is 0 Å². The largest absolute Gasteiger partial charge is 0.385 e. The lowest BCUT2D eigenvalue weighted by Gasteiger charge is -2.40. The Morgan fingerprint density at radius 2 is 2.15 bits per heavy atom. The van der Waals surface area contributed by atoms with E-state index in [2.05, 4.69) is 36.1 Å². The van der Waals surface area contributed by atoms with Crippen LogP contribution in [0, 0.1) is 0 Å². The van der Waals surface area contributed by atoms with E-state index in [1.54, 1.807) is 7.11 Å². The van der Waals surface area contributed by atoms with Gasteiger partial charge >= 0.3 is 0 Å². The lowest BCUT2D eigenvalue weighted by atomic mass is 10.0. The van der Waals surface area contributed by atoms with E-state index in [0.717, 1.165) is 18.7 Å². The lowest BCUT2D eigenvalue weighted by Crippen LogP contribution is -2.43. The highest BCUT2D eigenvalue weighted by atomic mass is 32.2. The van der Waals surface area contributed by atoms with Gasteiger partial charge in [-0.25, -0.2) is 0 Å². The van der Waals surface area contributed by atoms with Gasteiger partial charge in [0.1, 0.15) is 0 Å². The second-order valence-electron chi connectivity index (χ2n) is 5.11. The van der Waals surface area contributed by atoms with Crippen LogP contribution in [0.2, 0.25) is 0 Å². The molecule has 1 aromatic carbocycles. The van der Waals surface area contributed by atoms with E-state index in [1.807, 2.05) is 17.8 Å². The number of carbonyl (C=O) groups excluding carboxylic acids is 1. The second kappa shape index (κ2) is 7.70. The van der Waals surface area contributed by atoms with E-state index in [0.29, 0.717) is 18.3 Å². The third kappa shape index (κ3) is 3.76. The first-order chi connectivity index (χ1) is 9.74. The van der Waals surface area contributed by atoms with Crippen LogP contribution in [-0.4, -0.2) is 42.1 Å². The fraction of sp³-hybridized carbons (Fsp3) is 0.562. The number of nitrogens with zero attached hydrogens (tertiary/aromatic N) is 1. The van der Waals surface area contributed by atoms with Crippen molar-refractivity contribution in [2.75, 3.05) is 26.0 Å². The van der Waals surface area contributed by atoms with Crippen molar-refractivity contribution < 1.29 is 9.53 Å². The molecule has 110 valence electrons. The maximum Gasteiger partial charge on any atom is 0.223 e. The van der Waals surface area contributed by atoms with E-state index in [4.69, 9.17) is 4.74 Å². The summed E-state index contributed by atoms with van der Waals surface area (Å²) in [6.07, 6.45) is 1.38. The minimum Gasteiger partial charge on any atom is -0.385 e. The number of methoxy groups -OCH3 is 1. The van der Waals surface area contributed by atoms with Crippen LogP contribution in [-0.2, 0) is 9.53 Å². The van der Waals surface area contributed by atoms with Crippen LogP contribution >= 0.6 is 11.8 Å². The molecule has 3 nitrogen and oxygen atoms in total. The Bertz CT molecular complexity index is 424. The van der Waals surface area contributed by atoms with Crippen LogP contribution in [0.4, 0.5) is 0 Å². The first kappa shape index (κ1) is 15.4. The summed E-state index contributed by atoms with van der Waals surface area (Å²) in [5.41, 5.74) is 1.24. The summed E-state index contributed by atoms with van der Waals surface area (Å²) in [7, 11) is 1.68. The molecule has 2 atom stereocenters. The minimum atomic E-state index is 0.199. The van der Waals surface area contributed by atoms with Crippen molar-refractivity contribution in [3.63, 3.8) is 0 Å². The van der Waals surface area contributed by atoms with Crippen molar-refractivity contribution in [1.29, 1.82) is 0 Å². The second-order valence-corrected chi connectivity index (χ2v) is 6.60. The SMILES string of the molecule is COCCCC(=O)N1CCS[C@@H](C)[C@@H]1c1ccccc1. The molecule has 2 rings (SSSR count). The molecular formula is C16H23NO2S. The molecule has 20 heavy (non-hydrogen) atoms. The van der Waals surface area contributed by atoms with Crippen molar-refractivity contribution in [3.8, 4) is 0 Å². The Morgan fingerprint density at radius 1 is 1.40 bits per heavy atom. The van der Waals surface area contributed by atoms with Gasteiger partial charge in [-0.15, -0.1) is 0 Å². The van der Waals surface area contributed by atoms with Crippen LogP contribution in [0.5, 0.6) is 0 Å². The zero-order chi connectivity index (χ0) is 14.4. The van der Waals surface area contributed by atoms with Gasteiger partial charge in [0, 0.05) is 37.7 Å². The molecule has 0 spiro atoms. The van der Waals surface area contributed by atoms with Gasteiger partial charge in [0.25, 0.3) is 0 Å². The Balaban J connectivity index is 2.10. The number of thioether (sulfide) groups is 1. The smallest absolute Gasteiger partial charge is 0.223 e. The Labute approximate surface area is 125 Å². The van der Waals surface area contributed by atoms with Crippen LogP contribution in [0.1, 0.15) is 31.4 Å². The molecule has 1 aliphatic heterocycles. The van der Waals surface area contributed by atoms with E-state index in [9.17, 15) is 4.79 Å². The molecule has 0 saturated carbocycles. The highest BCUT2D eigenvalue weighted by Crippen LogP contribution is 2.36. The molecule has 1 fully saturated rings. The molecule has 0 aliphatic carbocycles. The maximum atomic E-state index is 12.5. The Hall–Kier alpha value is -1.00. The summed E-state index contributed by atoms with van der Waals surface area (Å²) in [4.78, 5) is 14.5. The van der Waals surface area contributed by atoms with Gasteiger partial charge in [-0.2, -0.15) is 11.8 Å². The normalized spacial score (nSPS) is 22.8. The van der Waals surface area contributed by atoms with Gasteiger partial charge in [-0.3, -0.25) is 4.79 Å². The molecule has 0 aromatic heterocycles. The van der Waals surface area contributed by atoms with Crippen molar-refractivity contribution in [1.82, 2.24) is 4.90 Å². The van der Waals surface area contributed by atoms with E-state index in [1.165, 1.54) is 5.56 Å². The summed E-state index contributed by atoms with van der Waals surface area (Å²) in [5.74, 6) is 1.28. The van der Waals surface area contributed by atoms with Crippen LogP contribution in [0.15, 0.2) is 30.3 Å². The van der Waals surface area contributed by atoms with Crippen LogP contribution in [0.3, 0.4) is 0 Å². The van der Waals surface area contributed by atoms with Crippen molar-refractivity contribution in [3.05, 3.63) is 35.9 Å². The van der Waals surface area contributed by atoms with E-state index in [-0.39, 0.29) is 11.9 Å². The molecule has 1 heterocycles. The van der Waals surface area contributed by atoms with Gasteiger partial charge in [0.2, 0.25) is 5.91 Å². The number of ether oxygens (including phenoxy) is 1. The van der Waals surface area contributed by atoms with Gasteiger partial charge in [0.05, 0.1) is 6.04 Å². The average Bonchev–Trinajstić information content (AvgIpc) is 2.48. The molecule has 1 aliphatic rings. The molecular weight excluding hydrogens is 270 g/mol. The predicted octanol–water partition coefficient (Wildman–Crippen LogP) is 3.12. The Kier molecular flexibility index (Phi) is 5.92. The number of rotatable bonds is 5. The van der Waals surface area contributed by atoms with Gasteiger partial charge < -0.3 is 9.64 Å². The molecule has 0 N–H and O–H groups in total. The predicted molar refractivity (Wildman–Crippen MR) is 83.9 cm³/mol. The van der Waals surface area contributed by atoms with Crippen LogP contribution in [0.25, 0.3) is 0 Å². The molecule has 1 amide bonds. The summed E-state index contributed by atoms with van der Waals surface area (Å²) >= 11 is 1.95. The number of benzene rings is 1. The standard InChI is InChI=1S/C16H23NO2S/c1-13-16(14-7-4-3-5-8-14)17(10-12-20-13)15(18)9-6-11-19-2/h3-5,7-8,13,16H,6,9-12H2,1-2H3/t13-,16+/m0/s1. The number of carbonyl (C=O) groups is 1. The van der Waals surface area contributed by atoms with Gasteiger partial charge in [0.15, 0.2) is 0 Å². The molecule has 1 aromatic rings. The minimum absolute atomic E-state index is 0.199. The molecule has 4 heteroatoms. The van der Waals surface area contributed by atoms with E-state index < -0.39 is 0 Å². The number of hydrogen-bond acceptors (Lipinski definition) is 3. The first-order valence-corrected chi connectivity index (χ1v) is 8.24. The molecule has 1 saturated heterocycles. The summed E-state index contributed by atoms with van der Waals surface area (Å²) < 4.78 is 5.04. The zero-order valence-corrected chi connectivity index (χ0v) is 13.1. The number of amides is 1. The quantitative estimate of drug-likeness (QED) is 0.781. The van der Waals surface area contributed by atoms with Crippen molar-refractivity contribution in [2.45, 2.75) is 31.1 Å². The lowest BCUT2D eigenvalue weighted by molar-refractivity contribution is -0.134. The average molecular weight is 293 g/mol. The zero-order valence-electron chi connectivity index (χ0n) is 12.2. The summed E-state index contributed by atoms with van der Waals surface area (Å²) in [5, 5.41) is 0.442. The van der Waals surface area contributed by atoms with Crippen molar-refractivity contribution >= 4 is 17.7 Å². The summed E-state index contributed by atoms with van der Waals surface area (Å²) in [6.45, 7) is 3.72. The summed E-state index contributed by atoms with van der Waals surface area (Å²) in [6, 6.07) is 10.6. The monoisotopic (exact) mass is 293 g/mol. The topological polar surface area (TPSA) is 29.5 Å². The first-order valence-electron chi connectivity index (χ1n) is 7.19. The molecule has 0 unspecified atom stereocenters. The highest BCUT2D eigenvalue weighted by Gasteiger charge is 2.32. The Morgan fingerprint density at radius 3 is 2.85 bits per heavy atom. The fourth-order valence-electron chi connectivity index (χ4n) is 2.71. The van der Waals surface area contributed by atoms with E-state index >= 15 is 0 Å². The molecule has 0 bridgehead atoms. The van der Waals surface area contributed by atoms with Gasteiger partial charge in [-0.1, -0.05) is 37.3 Å². The fourth-order valence-corrected chi connectivity index (χ4v) is 3.87. The third-order valence-corrected chi connectivity index (χ3v) is 4.90.